The maximum atomic E-state index is 13.0. The molecule has 1 atom stereocenters. The van der Waals surface area contributed by atoms with Gasteiger partial charge in [-0.15, -0.1) is 0 Å². The van der Waals surface area contributed by atoms with Gasteiger partial charge in [-0.25, -0.2) is 5.10 Å². The normalized spacial score (nSPS) is 14.1. The molecular weight excluding hydrogens is 358 g/mol. The molecule has 0 radical (unpaired) electrons. The van der Waals surface area contributed by atoms with Crippen LogP contribution in [0, 0.1) is 5.92 Å². The Morgan fingerprint density at radius 1 is 1.07 bits per heavy atom. The van der Waals surface area contributed by atoms with Crippen LogP contribution < -0.4 is 20.3 Å². The van der Waals surface area contributed by atoms with Gasteiger partial charge in [0.05, 0.1) is 11.4 Å². The van der Waals surface area contributed by atoms with Gasteiger partial charge in [0, 0.05) is 5.39 Å². The molecule has 2 heterocycles. The van der Waals surface area contributed by atoms with Gasteiger partial charge in [-0.05, 0) is 29.7 Å². The quantitative estimate of drug-likeness (QED) is 0.727. The topological polar surface area (TPSA) is 93.3 Å². The van der Waals surface area contributed by atoms with Crippen LogP contribution in [-0.4, -0.2) is 29.3 Å². The van der Waals surface area contributed by atoms with Gasteiger partial charge in [0.1, 0.15) is 13.2 Å². The molecule has 0 saturated carbocycles. The molecule has 3 aromatic rings. The minimum atomic E-state index is -0.346. The van der Waals surface area contributed by atoms with Crippen molar-refractivity contribution in [2.45, 2.75) is 19.9 Å². The highest BCUT2D eigenvalue weighted by molar-refractivity contribution is 6.04. The number of carbonyl (C=O) groups excluding carboxylic acids is 1. The van der Waals surface area contributed by atoms with Gasteiger partial charge in [-0.2, -0.15) is 5.10 Å². The average molecular weight is 379 g/mol. The summed E-state index contributed by atoms with van der Waals surface area (Å²) in [5.41, 5.74) is 0.791. The lowest BCUT2D eigenvalue weighted by Crippen LogP contribution is -2.33. The van der Waals surface area contributed by atoms with Crippen LogP contribution in [0.25, 0.3) is 10.8 Å². The highest BCUT2D eigenvalue weighted by Crippen LogP contribution is 2.34. The first-order chi connectivity index (χ1) is 13.5. The van der Waals surface area contributed by atoms with E-state index in [1.54, 1.807) is 24.3 Å². The van der Waals surface area contributed by atoms with Gasteiger partial charge < -0.3 is 14.8 Å². The molecular formula is C21H21N3O4. The Kier molecular flexibility index (Phi) is 4.73. The monoisotopic (exact) mass is 379 g/mol. The summed E-state index contributed by atoms with van der Waals surface area (Å²) < 4.78 is 11.2. The minimum Gasteiger partial charge on any atom is -0.486 e. The Labute approximate surface area is 161 Å². The molecule has 2 aromatic carbocycles. The first-order valence-electron chi connectivity index (χ1n) is 9.22. The van der Waals surface area contributed by atoms with E-state index in [0.717, 1.165) is 5.56 Å². The predicted octanol–water partition coefficient (Wildman–Crippen LogP) is 2.82. The molecule has 144 valence electrons. The van der Waals surface area contributed by atoms with Gasteiger partial charge in [-0.3, -0.25) is 9.59 Å². The molecule has 7 heteroatoms. The molecule has 2 N–H and O–H groups in total. The minimum absolute atomic E-state index is 0.125. The SMILES string of the molecule is CC(C)C(NC(=O)c1n[nH]c(=O)c2ccccc12)c1ccc2c(c1)OCCO2. The lowest BCUT2D eigenvalue weighted by atomic mass is 9.95. The molecule has 4 rings (SSSR count). The summed E-state index contributed by atoms with van der Waals surface area (Å²) in [7, 11) is 0. The van der Waals surface area contributed by atoms with E-state index in [-0.39, 0.29) is 29.1 Å². The highest BCUT2D eigenvalue weighted by Gasteiger charge is 2.23. The molecule has 1 aromatic heterocycles. The van der Waals surface area contributed by atoms with Crippen LogP contribution >= 0.6 is 0 Å². The zero-order chi connectivity index (χ0) is 19.7. The number of benzene rings is 2. The fourth-order valence-corrected chi connectivity index (χ4v) is 3.39. The summed E-state index contributed by atoms with van der Waals surface area (Å²) in [6, 6.07) is 12.4. The van der Waals surface area contributed by atoms with Crippen molar-refractivity contribution in [3.8, 4) is 11.5 Å². The summed E-state index contributed by atoms with van der Waals surface area (Å²) in [5, 5.41) is 10.4. The second kappa shape index (κ2) is 7.34. The van der Waals surface area contributed by atoms with Crippen molar-refractivity contribution in [2.24, 2.45) is 5.92 Å². The van der Waals surface area contributed by atoms with Gasteiger partial charge in [-0.1, -0.05) is 38.1 Å². The first kappa shape index (κ1) is 18.0. The largest absolute Gasteiger partial charge is 0.486 e. The van der Waals surface area contributed by atoms with Crippen LogP contribution in [0.2, 0.25) is 0 Å². The number of nitrogens with one attached hydrogen (secondary N) is 2. The van der Waals surface area contributed by atoms with Crippen molar-refractivity contribution >= 4 is 16.7 Å². The predicted molar refractivity (Wildman–Crippen MR) is 105 cm³/mol. The molecule has 0 aliphatic carbocycles. The highest BCUT2D eigenvalue weighted by atomic mass is 16.6. The van der Waals surface area contributed by atoms with Crippen molar-refractivity contribution in [1.29, 1.82) is 0 Å². The second-order valence-corrected chi connectivity index (χ2v) is 7.05. The third-order valence-corrected chi connectivity index (χ3v) is 4.79. The molecule has 28 heavy (non-hydrogen) atoms. The van der Waals surface area contributed by atoms with E-state index in [1.807, 2.05) is 32.0 Å². The Morgan fingerprint density at radius 3 is 2.54 bits per heavy atom. The number of nitrogens with zero attached hydrogens (tertiary/aromatic N) is 1. The van der Waals surface area contributed by atoms with E-state index in [0.29, 0.717) is 35.5 Å². The van der Waals surface area contributed by atoms with Crippen molar-refractivity contribution in [3.05, 3.63) is 64.1 Å². The molecule has 1 amide bonds. The van der Waals surface area contributed by atoms with Crippen molar-refractivity contribution in [2.75, 3.05) is 13.2 Å². The maximum Gasteiger partial charge on any atom is 0.272 e. The first-order valence-corrected chi connectivity index (χ1v) is 9.22. The number of fused-ring (bicyclic) bond motifs is 2. The third kappa shape index (κ3) is 3.31. The number of amides is 1. The fourth-order valence-electron chi connectivity index (χ4n) is 3.39. The van der Waals surface area contributed by atoms with Crippen molar-refractivity contribution < 1.29 is 14.3 Å². The average Bonchev–Trinajstić information content (AvgIpc) is 2.72. The van der Waals surface area contributed by atoms with Gasteiger partial charge in [0.25, 0.3) is 11.5 Å². The lowest BCUT2D eigenvalue weighted by molar-refractivity contribution is 0.0921. The van der Waals surface area contributed by atoms with Crippen LogP contribution in [0.5, 0.6) is 11.5 Å². The number of H-pyrrole nitrogens is 1. The number of aromatic nitrogens is 2. The Balaban J connectivity index is 1.67. The number of aromatic amines is 1. The zero-order valence-corrected chi connectivity index (χ0v) is 15.7. The number of hydrogen-bond acceptors (Lipinski definition) is 5. The van der Waals surface area contributed by atoms with E-state index in [4.69, 9.17) is 9.47 Å². The molecule has 0 saturated heterocycles. The number of rotatable bonds is 4. The molecule has 0 spiro atoms. The Morgan fingerprint density at radius 2 is 1.79 bits per heavy atom. The molecule has 1 aliphatic heterocycles. The van der Waals surface area contributed by atoms with E-state index in [9.17, 15) is 9.59 Å². The third-order valence-electron chi connectivity index (χ3n) is 4.79. The Bertz CT molecular complexity index is 1090. The van der Waals surface area contributed by atoms with Crippen molar-refractivity contribution in [1.82, 2.24) is 15.5 Å². The number of ether oxygens (including phenoxy) is 2. The van der Waals surface area contributed by atoms with Gasteiger partial charge in [0.2, 0.25) is 0 Å². The molecule has 0 fully saturated rings. The smallest absolute Gasteiger partial charge is 0.272 e. The van der Waals surface area contributed by atoms with E-state index in [2.05, 4.69) is 15.5 Å². The maximum absolute atomic E-state index is 13.0. The molecule has 1 aliphatic rings. The zero-order valence-electron chi connectivity index (χ0n) is 15.7. The summed E-state index contributed by atoms with van der Waals surface area (Å²) >= 11 is 0. The lowest BCUT2D eigenvalue weighted by Gasteiger charge is -2.25. The van der Waals surface area contributed by atoms with Crippen LogP contribution in [0.1, 0.15) is 35.9 Å². The van der Waals surface area contributed by atoms with Gasteiger partial charge in [0.15, 0.2) is 17.2 Å². The van der Waals surface area contributed by atoms with E-state index in [1.165, 1.54) is 0 Å². The van der Waals surface area contributed by atoms with E-state index < -0.39 is 0 Å². The molecule has 7 nitrogen and oxygen atoms in total. The van der Waals surface area contributed by atoms with Crippen LogP contribution in [0.3, 0.4) is 0 Å². The molecule has 0 bridgehead atoms. The summed E-state index contributed by atoms with van der Waals surface area (Å²) in [6.45, 7) is 5.09. The summed E-state index contributed by atoms with van der Waals surface area (Å²) in [6.07, 6.45) is 0. The molecule has 1 unspecified atom stereocenters. The Hall–Kier alpha value is -3.35. The fraction of sp³-hybridized carbons (Fsp3) is 0.286. The van der Waals surface area contributed by atoms with Gasteiger partial charge >= 0.3 is 0 Å². The summed E-state index contributed by atoms with van der Waals surface area (Å²) in [5.74, 6) is 1.16. The van der Waals surface area contributed by atoms with Crippen LogP contribution in [-0.2, 0) is 0 Å². The van der Waals surface area contributed by atoms with E-state index >= 15 is 0 Å². The second-order valence-electron chi connectivity index (χ2n) is 7.05. The number of hydrogen-bond donors (Lipinski definition) is 2. The van der Waals surface area contributed by atoms with Crippen LogP contribution in [0.15, 0.2) is 47.3 Å². The standard InChI is InChI=1S/C21H21N3O4/c1-12(2)18(13-7-8-16-17(11-13)28-10-9-27-16)22-21(26)19-14-5-3-4-6-15(14)20(25)24-23-19/h3-8,11-12,18H,9-10H2,1-2H3,(H,22,26)(H,24,25). The van der Waals surface area contributed by atoms with Crippen LogP contribution in [0.4, 0.5) is 0 Å². The van der Waals surface area contributed by atoms with Crippen molar-refractivity contribution in [3.63, 3.8) is 0 Å². The summed E-state index contributed by atoms with van der Waals surface area (Å²) in [4.78, 5) is 25.0. The number of carbonyl (C=O) groups is 1.